The molecule has 5 atom stereocenters. The van der Waals surface area contributed by atoms with Crippen molar-refractivity contribution in [3.63, 3.8) is 0 Å². The average Bonchev–Trinajstić information content (AvgIpc) is 2.83. The van der Waals surface area contributed by atoms with Crippen molar-refractivity contribution in [3.8, 4) is 17.2 Å². The molecular weight excluding hydrogens is 420 g/mol. The summed E-state index contributed by atoms with van der Waals surface area (Å²) in [4.78, 5) is 13.0. The Balaban J connectivity index is 1.92. The fourth-order valence-corrected chi connectivity index (χ4v) is 3.71. The van der Waals surface area contributed by atoms with Crippen LogP contribution in [0, 0.1) is 5.92 Å². The van der Waals surface area contributed by atoms with Gasteiger partial charge in [-0.15, -0.1) is 0 Å². The van der Waals surface area contributed by atoms with Crippen molar-refractivity contribution in [2.75, 3.05) is 20.8 Å². The highest BCUT2D eigenvalue weighted by Crippen LogP contribution is 2.40. The van der Waals surface area contributed by atoms with Crippen LogP contribution < -0.4 is 14.2 Å². The number of ether oxygens (including phenoxy) is 4. The van der Waals surface area contributed by atoms with Crippen molar-refractivity contribution in [2.24, 2.45) is 5.92 Å². The van der Waals surface area contributed by atoms with E-state index in [1.807, 2.05) is 30.3 Å². The van der Waals surface area contributed by atoms with E-state index in [9.17, 15) is 25.2 Å². The number of hydrogen-bond acceptors (Lipinski definition) is 9. The first-order valence-electron chi connectivity index (χ1n) is 10.2. The SMILES string of the molecule is COc1ccc(OC)c(C(=O)OCc2ccccc2)c1OC1CC(CO)C(O)C(O)C1O. The van der Waals surface area contributed by atoms with Crippen LogP contribution >= 0.6 is 0 Å². The zero-order valence-electron chi connectivity index (χ0n) is 17.9. The van der Waals surface area contributed by atoms with Crippen LogP contribution in [0.25, 0.3) is 0 Å². The molecule has 5 unspecified atom stereocenters. The number of aliphatic hydroxyl groups is 4. The van der Waals surface area contributed by atoms with Crippen LogP contribution in [0.15, 0.2) is 42.5 Å². The Morgan fingerprint density at radius 1 is 0.938 bits per heavy atom. The summed E-state index contributed by atoms with van der Waals surface area (Å²) >= 11 is 0. The van der Waals surface area contributed by atoms with Gasteiger partial charge in [-0.2, -0.15) is 0 Å². The molecule has 1 aliphatic rings. The summed E-state index contributed by atoms with van der Waals surface area (Å²) < 4.78 is 22.1. The van der Waals surface area contributed by atoms with Crippen molar-refractivity contribution in [1.82, 2.24) is 0 Å². The van der Waals surface area contributed by atoms with Gasteiger partial charge in [0.05, 0.1) is 20.3 Å². The standard InChI is InChI=1S/C23H28O9/c1-29-15-8-9-16(30-2)22(18(15)23(28)31-12-13-6-4-3-5-7-13)32-17-10-14(11-24)19(25)21(27)20(17)26/h3-9,14,17,19-21,24-27H,10-12H2,1-2H3. The van der Waals surface area contributed by atoms with Gasteiger partial charge in [0.1, 0.15) is 36.2 Å². The molecule has 0 aliphatic heterocycles. The highest BCUT2D eigenvalue weighted by Gasteiger charge is 2.44. The maximum absolute atomic E-state index is 13.0. The van der Waals surface area contributed by atoms with Gasteiger partial charge in [0.15, 0.2) is 11.5 Å². The van der Waals surface area contributed by atoms with Gasteiger partial charge in [0, 0.05) is 12.5 Å². The molecule has 1 fully saturated rings. The molecule has 1 aliphatic carbocycles. The topological polar surface area (TPSA) is 135 Å². The highest BCUT2D eigenvalue weighted by molar-refractivity contribution is 5.96. The van der Waals surface area contributed by atoms with Gasteiger partial charge in [-0.05, 0) is 24.1 Å². The normalized spacial score (nSPS) is 25.1. The minimum atomic E-state index is -1.53. The van der Waals surface area contributed by atoms with Crippen molar-refractivity contribution in [1.29, 1.82) is 0 Å². The lowest BCUT2D eigenvalue weighted by Crippen LogP contribution is -2.56. The highest BCUT2D eigenvalue weighted by atomic mass is 16.6. The van der Waals surface area contributed by atoms with Gasteiger partial charge in [-0.25, -0.2) is 4.79 Å². The van der Waals surface area contributed by atoms with E-state index in [0.29, 0.717) is 0 Å². The molecule has 3 rings (SSSR count). The van der Waals surface area contributed by atoms with Crippen LogP contribution in [0.4, 0.5) is 0 Å². The van der Waals surface area contributed by atoms with E-state index in [1.165, 1.54) is 26.4 Å². The maximum Gasteiger partial charge on any atom is 0.346 e. The molecule has 0 saturated heterocycles. The quantitative estimate of drug-likeness (QED) is 0.435. The van der Waals surface area contributed by atoms with Crippen LogP contribution in [-0.4, -0.2) is 71.6 Å². The van der Waals surface area contributed by atoms with E-state index in [4.69, 9.17) is 18.9 Å². The van der Waals surface area contributed by atoms with Crippen LogP contribution in [0.3, 0.4) is 0 Å². The summed E-state index contributed by atoms with van der Waals surface area (Å²) in [6, 6.07) is 12.2. The van der Waals surface area contributed by atoms with Crippen LogP contribution in [-0.2, 0) is 11.3 Å². The zero-order valence-corrected chi connectivity index (χ0v) is 17.9. The lowest BCUT2D eigenvalue weighted by Gasteiger charge is -2.40. The number of carbonyl (C=O) groups is 1. The van der Waals surface area contributed by atoms with Gasteiger partial charge in [-0.1, -0.05) is 30.3 Å². The first kappa shape index (κ1) is 23.8. The molecule has 0 heterocycles. The molecule has 0 amide bonds. The number of benzene rings is 2. The minimum Gasteiger partial charge on any atom is -0.496 e. The second-order valence-electron chi connectivity index (χ2n) is 7.54. The number of aliphatic hydroxyl groups excluding tert-OH is 4. The summed E-state index contributed by atoms with van der Waals surface area (Å²) in [5.74, 6) is -1.13. The molecule has 0 aromatic heterocycles. The Labute approximate surface area is 185 Å². The third kappa shape index (κ3) is 4.97. The number of carbonyl (C=O) groups excluding carboxylic acids is 1. The fraction of sp³-hybridized carbons (Fsp3) is 0.435. The Morgan fingerprint density at radius 3 is 2.22 bits per heavy atom. The second-order valence-corrected chi connectivity index (χ2v) is 7.54. The van der Waals surface area contributed by atoms with E-state index >= 15 is 0 Å². The first-order valence-corrected chi connectivity index (χ1v) is 10.2. The Bertz CT molecular complexity index is 900. The van der Waals surface area contributed by atoms with Gasteiger partial charge >= 0.3 is 5.97 Å². The van der Waals surface area contributed by atoms with Crippen molar-refractivity contribution in [2.45, 2.75) is 37.4 Å². The van der Waals surface area contributed by atoms with Crippen molar-refractivity contribution >= 4 is 5.97 Å². The van der Waals surface area contributed by atoms with E-state index in [1.54, 1.807) is 0 Å². The van der Waals surface area contributed by atoms with E-state index in [2.05, 4.69) is 0 Å². The molecule has 0 radical (unpaired) electrons. The van der Waals surface area contributed by atoms with Crippen molar-refractivity contribution < 1.29 is 44.2 Å². The molecule has 2 aromatic rings. The summed E-state index contributed by atoms with van der Waals surface area (Å²) in [7, 11) is 2.77. The minimum absolute atomic E-state index is 0.0169. The zero-order chi connectivity index (χ0) is 23.3. The number of methoxy groups -OCH3 is 2. The fourth-order valence-electron chi connectivity index (χ4n) is 3.71. The maximum atomic E-state index is 13.0. The third-order valence-corrected chi connectivity index (χ3v) is 5.54. The average molecular weight is 448 g/mol. The van der Waals surface area contributed by atoms with Crippen LogP contribution in [0.5, 0.6) is 17.2 Å². The van der Waals surface area contributed by atoms with Crippen LogP contribution in [0.1, 0.15) is 22.3 Å². The molecule has 0 spiro atoms. The van der Waals surface area contributed by atoms with Gasteiger partial charge in [0.2, 0.25) is 0 Å². The predicted octanol–water partition coefficient (Wildman–Crippen LogP) is 0.903. The number of hydrogen-bond donors (Lipinski definition) is 4. The molecular formula is C23H28O9. The second kappa shape index (κ2) is 10.6. The monoisotopic (exact) mass is 448 g/mol. The van der Waals surface area contributed by atoms with Gasteiger partial charge in [0.25, 0.3) is 0 Å². The lowest BCUT2D eigenvalue weighted by molar-refractivity contribution is -0.157. The summed E-state index contributed by atoms with van der Waals surface area (Å²) in [6.45, 7) is -0.394. The lowest BCUT2D eigenvalue weighted by atomic mass is 9.81. The van der Waals surface area contributed by atoms with Crippen molar-refractivity contribution in [3.05, 3.63) is 53.6 Å². The van der Waals surface area contributed by atoms with E-state index in [-0.39, 0.29) is 35.8 Å². The third-order valence-electron chi connectivity index (χ3n) is 5.54. The molecule has 9 heteroatoms. The van der Waals surface area contributed by atoms with Gasteiger partial charge < -0.3 is 39.4 Å². The van der Waals surface area contributed by atoms with Gasteiger partial charge in [-0.3, -0.25) is 0 Å². The molecule has 174 valence electrons. The molecule has 2 aromatic carbocycles. The molecule has 4 N–H and O–H groups in total. The summed E-state index contributed by atoms with van der Waals surface area (Å²) in [6.07, 6.45) is -5.30. The Kier molecular flexibility index (Phi) is 7.92. The van der Waals surface area contributed by atoms with E-state index in [0.717, 1.165) is 5.56 Å². The summed E-state index contributed by atoms with van der Waals surface area (Å²) in [5.41, 5.74) is 0.743. The largest absolute Gasteiger partial charge is 0.496 e. The smallest absolute Gasteiger partial charge is 0.346 e. The molecule has 1 saturated carbocycles. The van der Waals surface area contributed by atoms with Crippen LogP contribution in [0.2, 0.25) is 0 Å². The first-order chi connectivity index (χ1) is 15.4. The number of rotatable bonds is 8. The molecule has 32 heavy (non-hydrogen) atoms. The number of esters is 1. The Morgan fingerprint density at radius 2 is 1.59 bits per heavy atom. The molecule has 0 bridgehead atoms. The van der Waals surface area contributed by atoms with E-state index < -0.39 is 42.9 Å². The molecule has 9 nitrogen and oxygen atoms in total. The Hall–Kier alpha value is -2.85. The summed E-state index contributed by atoms with van der Waals surface area (Å²) in [5, 5.41) is 40.2. The predicted molar refractivity (Wildman–Crippen MR) is 113 cm³/mol.